The molecule has 2 amide bonds. The van der Waals surface area contributed by atoms with Gasteiger partial charge in [0.05, 0.1) is 17.7 Å². The van der Waals surface area contributed by atoms with Gasteiger partial charge in [0.15, 0.2) is 0 Å². The molecule has 0 aliphatic rings. The molecule has 3 aromatic rings. The molecular weight excluding hydrogens is 526 g/mol. The number of ether oxygens (including phenoxy) is 1. The number of aryl methyl sites for hydroxylation is 2. The maximum atomic E-state index is 14.0. The van der Waals surface area contributed by atoms with Crippen LogP contribution in [0.5, 0.6) is 5.75 Å². The fourth-order valence-electron chi connectivity index (χ4n) is 4.20. The number of nitrogens with one attached hydrogen (secondary N) is 1. The molecule has 0 aliphatic carbocycles. The lowest BCUT2D eigenvalue weighted by molar-refractivity contribution is -0.139. The van der Waals surface area contributed by atoms with Gasteiger partial charge in [-0.2, -0.15) is 0 Å². The number of rotatable bonds is 12. The van der Waals surface area contributed by atoms with Gasteiger partial charge in [-0.1, -0.05) is 49.4 Å². The molecule has 0 aliphatic heterocycles. The largest absolute Gasteiger partial charge is 0.497 e. The SMILES string of the molecule is CC[C@H](C)NC(=O)[C@@H](C)N(Cc1ccc(OC)cc1)C(=O)CN(c1cc(C)ccc1C)S(=O)(=O)c1ccccc1. The summed E-state index contributed by atoms with van der Waals surface area (Å²) in [5, 5.41) is 2.94. The van der Waals surface area contributed by atoms with E-state index in [0.29, 0.717) is 17.0 Å². The van der Waals surface area contributed by atoms with Crippen molar-refractivity contribution in [1.29, 1.82) is 0 Å². The van der Waals surface area contributed by atoms with Gasteiger partial charge in [-0.15, -0.1) is 0 Å². The summed E-state index contributed by atoms with van der Waals surface area (Å²) in [5.74, 6) is -0.136. The van der Waals surface area contributed by atoms with Gasteiger partial charge in [0, 0.05) is 12.6 Å². The van der Waals surface area contributed by atoms with E-state index in [0.717, 1.165) is 21.9 Å². The number of carbonyl (C=O) groups excluding carboxylic acids is 2. The van der Waals surface area contributed by atoms with Crippen LogP contribution in [0.25, 0.3) is 0 Å². The van der Waals surface area contributed by atoms with Crippen molar-refractivity contribution in [2.75, 3.05) is 18.0 Å². The van der Waals surface area contributed by atoms with Crippen LogP contribution in [0.4, 0.5) is 5.69 Å². The van der Waals surface area contributed by atoms with E-state index < -0.39 is 28.5 Å². The molecule has 9 heteroatoms. The first kappa shape index (κ1) is 30.7. The number of methoxy groups -OCH3 is 1. The van der Waals surface area contributed by atoms with E-state index in [-0.39, 0.29) is 23.4 Å². The molecule has 2 atom stereocenters. The van der Waals surface area contributed by atoms with Crippen molar-refractivity contribution in [1.82, 2.24) is 10.2 Å². The highest BCUT2D eigenvalue weighted by Crippen LogP contribution is 2.28. The van der Waals surface area contributed by atoms with E-state index in [1.165, 1.54) is 17.0 Å². The summed E-state index contributed by atoms with van der Waals surface area (Å²) in [6, 6.07) is 19.8. The lowest BCUT2D eigenvalue weighted by atomic mass is 10.1. The van der Waals surface area contributed by atoms with E-state index in [9.17, 15) is 18.0 Å². The Kier molecular flexibility index (Phi) is 10.3. The summed E-state index contributed by atoms with van der Waals surface area (Å²) < 4.78 is 34.3. The highest BCUT2D eigenvalue weighted by atomic mass is 32.2. The summed E-state index contributed by atoms with van der Waals surface area (Å²) in [6.45, 7) is 8.84. The standard InChI is InChI=1S/C31H39N3O5S/c1-7-24(4)32-31(36)25(5)33(20-26-15-17-27(39-6)18-16-26)30(35)21-34(29-19-22(2)13-14-23(29)3)40(37,38)28-11-9-8-10-12-28/h8-19,24-25H,7,20-21H2,1-6H3,(H,32,36)/t24-,25+/m0/s1. The van der Waals surface area contributed by atoms with Gasteiger partial charge in [0.1, 0.15) is 18.3 Å². The number of nitrogens with zero attached hydrogens (tertiary/aromatic N) is 2. The van der Waals surface area contributed by atoms with Crippen molar-refractivity contribution >= 4 is 27.5 Å². The van der Waals surface area contributed by atoms with Crippen molar-refractivity contribution in [2.45, 2.75) is 64.6 Å². The minimum Gasteiger partial charge on any atom is -0.497 e. The average molecular weight is 566 g/mol. The second-order valence-corrected chi connectivity index (χ2v) is 11.8. The first-order valence-corrected chi connectivity index (χ1v) is 14.8. The van der Waals surface area contributed by atoms with Crippen LogP contribution in [0, 0.1) is 13.8 Å². The second-order valence-electron chi connectivity index (χ2n) is 9.98. The molecule has 0 bridgehead atoms. The zero-order valence-electron chi connectivity index (χ0n) is 24.0. The Morgan fingerprint density at radius 3 is 2.20 bits per heavy atom. The molecule has 3 aromatic carbocycles. The predicted molar refractivity (Wildman–Crippen MR) is 158 cm³/mol. The molecule has 8 nitrogen and oxygen atoms in total. The van der Waals surface area contributed by atoms with Gasteiger partial charge in [0.2, 0.25) is 11.8 Å². The Morgan fingerprint density at radius 2 is 1.60 bits per heavy atom. The Morgan fingerprint density at radius 1 is 0.950 bits per heavy atom. The number of sulfonamides is 1. The molecule has 0 saturated heterocycles. The van der Waals surface area contributed by atoms with E-state index in [4.69, 9.17) is 4.74 Å². The number of amides is 2. The molecule has 214 valence electrons. The fourth-order valence-corrected chi connectivity index (χ4v) is 5.69. The Balaban J connectivity index is 2.05. The van der Waals surface area contributed by atoms with Crippen molar-refractivity contribution in [3.8, 4) is 5.75 Å². The molecule has 0 aromatic heterocycles. The molecule has 0 spiro atoms. The molecule has 40 heavy (non-hydrogen) atoms. The maximum Gasteiger partial charge on any atom is 0.264 e. The molecule has 0 saturated carbocycles. The summed E-state index contributed by atoms with van der Waals surface area (Å²) in [4.78, 5) is 28.7. The lowest BCUT2D eigenvalue weighted by Crippen LogP contribution is -2.52. The normalized spacial score (nSPS) is 12.8. The van der Waals surface area contributed by atoms with Gasteiger partial charge in [-0.3, -0.25) is 13.9 Å². The predicted octanol–water partition coefficient (Wildman–Crippen LogP) is 4.84. The first-order chi connectivity index (χ1) is 19.0. The Hall–Kier alpha value is -3.85. The highest BCUT2D eigenvalue weighted by Gasteiger charge is 2.33. The van der Waals surface area contributed by atoms with Crippen LogP contribution in [-0.2, 0) is 26.2 Å². The van der Waals surface area contributed by atoms with Crippen LogP contribution >= 0.6 is 0 Å². The third kappa shape index (κ3) is 7.41. The van der Waals surface area contributed by atoms with Gasteiger partial charge >= 0.3 is 0 Å². The smallest absolute Gasteiger partial charge is 0.264 e. The monoisotopic (exact) mass is 565 g/mol. The van der Waals surface area contributed by atoms with Crippen molar-refractivity contribution in [3.63, 3.8) is 0 Å². The van der Waals surface area contributed by atoms with E-state index in [1.54, 1.807) is 50.4 Å². The van der Waals surface area contributed by atoms with Crippen molar-refractivity contribution in [2.24, 2.45) is 0 Å². The summed E-state index contributed by atoms with van der Waals surface area (Å²) in [6.07, 6.45) is 0.737. The number of hydrogen-bond donors (Lipinski definition) is 1. The number of benzene rings is 3. The summed E-state index contributed by atoms with van der Waals surface area (Å²) in [7, 11) is -2.53. The van der Waals surface area contributed by atoms with Gasteiger partial charge < -0.3 is 15.0 Å². The van der Waals surface area contributed by atoms with Crippen LogP contribution in [-0.4, -0.2) is 50.9 Å². The quantitative estimate of drug-likeness (QED) is 0.339. The minimum atomic E-state index is -4.10. The van der Waals surface area contributed by atoms with E-state index in [1.807, 2.05) is 52.0 Å². The maximum absolute atomic E-state index is 14.0. The molecule has 0 heterocycles. The minimum absolute atomic E-state index is 0.0715. The second kappa shape index (κ2) is 13.5. The number of anilines is 1. The molecule has 0 unspecified atom stereocenters. The molecule has 1 N–H and O–H groups in total. The zero-order chi connectivity index (χ0) is 29.4. The van der Waals surface area contributed by atoms with Crippen LogP contribution in [0.2, 0.25) is 0 Å². The average Bonchev–Trinajstić information content (AvgIpc) is 2.96. The van der Waals surface area contributed by atoms with E-state index >= 15 is 0 Å². The molecule has 0 fully saturated rings. The third-order valence-corrected chi connectivity index (χ3v) is 8.70. The molecule has 3 rings (SSSR count). The summed E-state index contributed by atoms with van der Waals surface area (Å²) >= 11 is 0. The highest BCUT2D eigenvalue weighted by molar-refractivity contribution is 7.92. The number of hydrogen-bond acceptors (Lipinski definition) is 5. The third-order valence-electron chi connectivity index (χ3n) is 6.92. The van der Waals surface area contributed by atoms with E-state index in [2.05, 4.69) is 5.32 Å². The van der Waals surface area contributed by atoms with Crippen LogP contribution < -0.4 is 14.4 Å². The van der Waals surface area contributed by atoms with Gasteiger partial charge in [0.25, 0.3) is 10.0 Å². The molecule has 0 radical (unpaired) electrons. The van der Waals surface area contributed by atoms with Crippen molar-refractivity contribution in [3.05, 3.63) is 89.5 Å². The van der Waals surface area contributed by atoms with Crippen LogP contribution in [0.3, 0.4) is 0 Å². The fraction of sp³-hybridized carbons (Fsp3) is 0.355. The first-order valence-electron chi connectivity index (χ1n) is 13.4. The zero-order valence-corrected chi connectivity index (χ0v) is 24.9. The van der Waals surface area contributed by atoms with Crippen LogP contribution in [0.1, 0.15) is 43.9 Å². The van der Waals surface area contributed by atoms with Crippen molar-refractivity contribution < 1.29 is 22.7 Å². The van der Waals surface area contributed by atoms with Gasteiger partial charge in [-0.25, -0.2) is 8.42 Å². The molecular formula is C31H39N3O5S. The Labute approximate surface area is 238 Å². The lowest BCUT2D eigenvalue weighted by Gasteiger charge is -2.33. The topological polar surface area (TPSA) is 96.0 Å². The van der Waals surface area contributed by atoms with Crippen LogP contribution in [0.15, 0.2) is 77.7 Å². The summed E-state index contributed by atoms with van der Waals surface area (Å²) in [5.41, 5.74) is 2.76. The number of carbonyl (C=O) groups is 2. The van der Waals surface area contributed by atoms with Gasteiger partial charge in [-0.05, 0) is 81.1 Å². The Bertz CT molecular complexity index is 1410.